The number of nitrogens with zero attached hydrogens (tertiary/aromatic N) is 1. The van der Waals surface area contributed by atoms with E-state index in [1.807, 2.05) is 0 Å². The third-order valence-electron chi connectivity index (χ3n) is 3.81. The van der Waals surface area contributed by atoms with Gasteiger partial charge in [0.25, 0.3) is 0 Å². The molecule has 1 fully saturated rings. The molecule has 1 aliphatic carbocycles. The van der Waals surface area contributed by atoms with Crippen molar-refractivity contribution in [2.45, 2.75) is 39.2 Å². The highest BCUT2D eigenvalue weighted by atomic mass is 16.4. The number of carboxylic acid groups (broad SMARTS) is 2. The monoisotopic (exact) mass is 243 g/mol. The zero-order chi connectivity index (χ0) is 13.0. The SMILES string of the molecule is CC1CCCC(N(CC(=O)O)CC(=O)O)C1C. The lowest BCUT2D eigenvalue weighted by atomic mass is 9.77. The maximum Gasteiger partial charge on any atom is 0.317 e. The summed E-state index contributed by atoms with van der Waals surface area (Å²) in [5.41, 5.74) is 0. The van der Waals surface area contributed by atoms with Crippen LogP contribution in [0.1, 0.15) is 33.1 Å². The molecule has 0 bridgehead atoms. The Hall–Kier alpha value is -1.10. The van der Waals surface area contributed by atoms with Crippen molar-refractivity contribution in [2.75, 3.05) is 13.1 Å². The van der Waals surface area contributed by atoms with Gasteiger partial charge in [-0.05, 0) is 18.3 Å². The molecule has 3 atom stereocenters. The summed E-state index contributed by atoms with van der Waals surface area (Å²) in [5, 5.41) is 17.7. The molecule has 5 heteroatoms. The molecule has 0 aromatic carbocycles. The molecule has 17 heavy (non-hydrogen) atoms. The highest BCUT2D eigenvalue weighted by Gasteiger charge is 2.33. The third kappa shape index (κ3) is 4.00. The number of rotatable bonds is 5. The average Bonchev–Trinajstić information content (AvgIpc) is 2.19. The van der Waals surface area contributed by atoms with E-state index in [1.165, 1.54) is 0 Å². The molecular formula is C12H21NO4. The molecule has 1 saturated carbocycles. The van der Waals surface area contributed by atoms with Crippen molar-refractivity contribution in [3.63, 3.8) is 0 Å². The Morgan fingerprint density at radius 3 is 2.12 bits per heavy atom. The fraction of sp³-hybridized carbons (Fsp3) is 0.833. The molecular weight excluding hydrogens is 222 g/mol. The highest BCUT2D eigenvalue weighted by Crippen LogP contribution is 2.32. The first kappa shape index (κ1) is 14.0. The predicted octanol–water partition coefficient (Wildman–Crippen LogP) is 1.28. The molecule has 0 heterocycles. The largest absolute Gasteiger partial charge is 0.480 e. The van der Waals surface area contributed by atoms with Crippen LogP contribution in [0.5, 0.6) is 0 Å². The molecule has 0 aromatic heterocycles. The Morgan fingerprint density at radius 1 is 1.12 bits per heavy atom. The van der Waals surface area contributed by atoms with Crippen LogP contribution in [0.15, 0.2) is 0 Å². The second-order valence-corrected chi connectivity index (χ2v) is 5.03. The van der Waals surface area contributed by atoms with Crippen molar-refractivity contribution >= 4 is 11.9 Å². The van der Waals surface area contributed by atoms with E-state index in [4.69, 9.17) is 10.2 Å². The van der Waals surface area contributed by atoms with Crippen molar-refractivity contribution in [3.8, 4) is 0 Å². The summed E-state index contributed by atoms with van der Waals surface area (Å²) in [5.74, 6) is -1.05. The Labute approximate surface area is 101 Å². The van der Waals surface area contributed by atoms with Crippen molar-refractivity contribution in [3.05, 3.63) is 0 Å². The molecule has 98 valence electrons. The van der Waals surface area contributed by atoms with Gasteiger partial charge in [-0.25, -0.2) is 0 Å². The minimum absolute atomic E-state index is 0.0750. The number of carbonyl (C=O) groups is 2. The number of aliphatic carboxylic acids is 2. The molecule has 0 spiro atoms. The van der Waals surface area contributed by atoms with Gasteiger partial charge in [-0.15, -0.1) is 0 Å². The fourth-order valence-electron chi connectivity index (χ4n) is 2.71. The first-order valence-corrected chi connectivity index (χ1v) is 6.09. The molecule has 3 unspecified atom stereocenters. The van der Waals surface area contributed by atoms with Crippen LogP contribution in [0.4, 0.5) is 0 Å². The lowest BCUT2D eigenvalue weighted by Crippen LogP contribution is -2.48. The minimum Gasteiger partial charge on any atom is -0.480 e. The van der Waals surface area contributed by atoms with E-state index < -0.39 is 11.9 Å². The van der Waals surface area contributed by atoms with E-state index in [9.17, 15) is 9.59 Å². The van der Waals surface area contributed by atoms with Crippen LogP contribution in [-0.4, -0.2) is 46.2 Å². The Balaban J connectivity index is 2.72. The number of carboxylic acids is 2. The standard InChI is InChI=1S/C12H21NO4/c1-8-4-3-5-10(9(8)2)13(6-11(14)15)7-12(16)17/h8-10H,3-7H2,1-2H3,(H,14,15)(H,16,17). The maximum atomic E-state index is 10.8. The summed E-state index contributed by atoms with van der Waals surface area (Å²) < 4.78 is 0. The van der Waals surface area contributed by atoms with E-state index in [1.54, 1.807) is 4.90 Å². The van der Waals surface area contributed by atoms with Crippen molar-refractivity contribution in [1.29, 1.82) is 0 Å². The smallest absolute Gasteiger partial charge is 0.317 e. The van der Waals surface area contributed by atoms with Crippen LogP contribution in [0.2, 0.25) is 0 Å². The molecule has 2 N–H and O–H groups in total. The van der Waals surface area contributed by atoms with Crippen molar-refractivity contribution in [2.24, 2.45) is 11.8 Å². The lowest BCUT2D eigenvalue weighted by molar-refractivity contribution is -0.144. The van der Waals surface area contributed by atoms with Gasteiger partial charge >= 0.3 is 11.9 Å². The minimum atomic E-state index is -0.961. The molecule has 0 radical (unpaired) electrons. The predicted molar refractivity (Wildman–Crippen MR) is 62.8 cm³/mol. The number of hydrogen-bond acceptors (Lipinski definition) is 3. The summed E-state index contributed by atoms with van der Waals surface area (Å²) >= 11 is 0. The van der Waals surface area contributed by atoms with Crippen LogP contribution >= 0.6 is 0 Å². The van der Waals surface area contributed by atoms with Gasteiger partial charge < -0.3 is 10.2 Å². The van der Waals surface area contributed by atoms with Crippen molar-refractivity contribution < 1.29 is 19.8 Å². The van der Waals surface area contributed by atoms with Gasteiger partial charge in [0.05, 0.1) is 13.1 Å². The molecule has 5 nitrogen and oxygen atoms in total. The highest BCUT2D eigenvalue weighted by molar-refractivity contribution is 5.72. The second-order valence-electron chi connectivity index (χ2n) is 5.03. The summed E-state index contributed by atoms with van der Waals surface area (Å²) in [6.45, 7) is 3.86. The van der Waals surface area contributed by atoms with Gasteiger partial charge in [0.1, 0.15) is 0 Å². The van der Waals surface area contributed by atoms with Gasteiger partial charge in [-0.1, -0.05) is 26.7 Å². The Kier molecular flexibility index (Phi) is 4.93. The van der Waals surface area contributed by atoms with E-state index in [0.29, 0.717) is 11.8 Å². The first-order chi connectivity index (χ1) is 7.91. The molecule has 0 saturated heterocycles. The number of hydrogen-bond donors (Lipinski definition) is 2. The van der Waals surface area contributed by atoms with E-state index in [-0.39, 0.29) is 19.1 Å². The molecule has 0 aliphatic heterocycles. The van der Waals surface area contributed by atoms with Crippen molar-refractivity contribution in [1.82, 2.24) is 4.90 Å². The van der Waals surface area contributed by atoms with Crippen LogP contribution < -0.4 is 0 Å². The maximum absolute atomic E-state index is 10.8. The summed E-state index contributed by atoms with van der Waals surface area (Å²) in [4.78, 5) is 23.2. The first-order valence-electron chi connectivity index (χ1n) is 6.09. The summed E-state index contributed by atoms with van der Waals surface area (Å²) in [6.07, 6.45) is 3.09. The van der Waals surface area contributed by atoms with E-state index in [0.717, 1.165) is 19.3 Å². The summed E-state index contributed by atoms with van der Waals surface area (Å²) in [7, 11) is 0. The molecule has 1 rings (SSSR count). The molecule has 0 amide bonds. The van der Waals surface area contributed by atoms with Gasteiger partial charge in [0.2, 0.25) is 0 Å². The van der Waals surface area contributed by atoms with Gasteiger partial charge in [0.15, 0.2) is 0 Å². The Morgan fingerprint density at radius 2 is 1.65 bits per heavy atom. The topological polar surface area (TPSA) is 77.8 Å². The van der Waals surface area contributed by atoms with Crippen LogP contribution in [0.3, 0.4) is 0 Å². The molecule has 0 aromatic rings. The zero-order valence-corrected chi connectivity index (χ0v) is 10.4. The van der Waals surface area contributed by atoms with Crippen LogP contribution in [0.25, 0.3) is 0 Å². The normalized spacial score (nSPS) is 29.2. The van der Waals surface area contributed by atoms with Crippen LogP contribution in [-0.2, 0) is 9.59 Å². The fourth-order valence-corrected chi connectivity index (χ4v) is 2.71. The third-order valence-corrected chi connectivity index (χ3v) is 3.81. The van der Waals surface area contributed by atoms with Gasteiger partial charge in [0, 0.05) is 6.04 Å². The zero-order valence-electron chi connectivity index (χ0n) is 10.4. The van der Waals surface area contributed by atoms with E-state index in [2.05, 4.69) is 13.8 Å². The Bertz CT molecular complexity index is 276. The lowest BCUT2D eigenvalue weighted by Gasteiger charge is -2.40. The quantitative estimate of drug-likeness (QED) is 0.760. The van der Waals surface area contributed by atoms with Crippen LogP contribution in [0, 0.1) is 11.8 Å². The average molecular weight is 243 g/mol. The van der Waals surface area contributed by atoms with Gasteiger partial charge in [-0.3, -0.25) is 14.5 Å². The van der Waals surface area contributed by atoms with Gasteiger partial charge in [-0.2, -0.15) is 0 Å². The summed E-state index contributed by atoms with van der Waals surface area (Å²) in [6, 6.07) is 0.0750. The second kappa shape index (κ2) is 6.00. The van der Waals surface area contributed by atoms with E-state index >= 15 is 0 Å². The molecule has 1 aliphatic rings.